The molecule has 0 saturated carbocycles. The third kappa shape index (κ3) is 4.06. The fourth-order valence-corrected chi connectivity index (χ4v) is 1.95. The Hall–Kier alpha value is -1.35. The van der Waals surface area contributed by atoms with Gasteiger partial charge in [0.25, 0.3) is 0 Å². The zero-order chi connectivity index (χ0) is 14.4. The number of rotatable bonds is 5. The molecule has 0 unspecified atom stereocenters. The van der Waals surface area contributed by atoms with E-state index in [0.717, 1.165) is 23.4 Å². The lowest BCUT2D eigenvalue weighted by Crippen LogP contribution is -2.09. The summed E-state index contributed by atoms with van der Waals surface area (Å²) in [5, 5.41) is 0.699. The lowest BCUT2D eigenvalue weighted by Gasteiger charge is -2.03. The molecule has 0 aliphatic carbocycles. The molecule has 0 aromatic heterocycles. The topological polar surface area (TPSA) is 38.7 Å². The predicted molar refractivity (Wildman–Crippen MR) is 79.4 cm³/mol. The van der Waals surface area contributed by atoms with Crippen LogP contribution in [0.15, 0.2) is 39.0 Å². The van der Waals surface area contributed by atoms with Gasteiger partial charge in [-0.25, -0.2) is 4.79 Å². The van der Waals surface area contributed by atoms with Crippen molar-refractivity contribution in [2.75, 3.05) is 6.61 Å². The Balaban J connectivity index is 2.89. The molecule has 104 valence electrons. The zero-order valence-electron chi connectivity index (χ0n) is 11.9. The number of aliphatic imine (C=N–C) groups is 1. The molecule has 0 spiro atoms. The van der Waals surface area contributed by atoms with Gasteiger partial charge in [-0.05, 0) is 38.8 Å². The van der Waals surface area contributed by atoms with Crippen LogP contribution in [-0.4, -0.2) is 18.3 Å². The van der Waals surface area contributed by atoms with Crippen molar-refractivity contribution in [1.82, 2.24) is 0 Å². The first kappa shape index (κ1) is 15.7. The van der Waals surface area contributed by atoms with E-state index in [2.05, 4.69) is 4.99 Å². The van der Waals surface area contributed by atoms with Crippen molar-refractivity contribution in [3.8, 4) is 0 Å². The molecule has 0 radical (unpaired) electrons. The highest BCUT2D eigenvalue weighted by atomic mass is 35.5. The van der Waals surface area contributed by atoms with Crippen molar-refractivity contribution in [3.63, 3.8) is 0 Å². The smallest absolute Gasteiger partial charge is 0.336 e. The summed E-state index contributed by atoms with van der Waals surface area (Å²) in [4.78, 5) is 16.3. The SMILES string of the molecule is C/C=C(Cl)\C(C)=C/C1=NC(CC)=C(C(=O)OCC)C1. The van der Waals surface area contributed by atoms with Crippen molar-refractivity contribution < 1.29 is 9.53 Å². The molecule has 19 heavy (non-hydrogen) atoms. The van der Waals surface area contributed by atoms with Gasteiger partial charge in [-0.3, -0.25) is 4.99 Å². The number of hydrogen-bond donors (Lipinski definition) is 0. The van der Waals surface area contributed by atoms with Crippen LogP contribution in [0.2, 0.25) is 0 Å². The summed E-state index contributed by atoms with van der Waals surface area (Å²) in [5.41, 5.74) is 3.29. The van der Waals surface area contributed by atoms with E-state index >= 15 is 0 Å². The molecule has 1 aliphatic rings. The number of allylic oxidation sites excluding steroid dienone is 5. The molecule has 0 saturated heterocycles. The van der Waals surface area contributed by atoms with Gasteiger partial charge < -0.3 is 4.74 Å². The number of esters is 1. The monoisotopic (exact) mass is 281 g/mol. The average molecular weight is 282 g/mol. The summed E-state index contributed by atoms with van der Waals surface area (Å²) in [5.74, 6) is -0.263. The van der Waals surface area contributed by atoms with Crippen LogP contribution in [0.5, 0.6) is 0 Å². The summed E-state index contributed by atoms with van der Waals surface area (Å²) in [6.07, 6.45) is 5.00. The van der Waals surface area contributed by atoms with Gasteiger partial charge in [-0.1, -0.05) is 24.6 Å². The molecule has 0 N–H and O–H groups in total. The molecule has 0 aromatic carbocycles. The Labute approximate surface area is 119 Å². The van der Waals surface area contributed by atoms with Gasteiger partial charge >= 0.3 is 5.97 Å². The van der Waals surface area contributed by atoms with E-state index in [1.807, 2.05) is 32.9 Å². The lowest BCUT2D eigenvalue weighted by atomic mass is 10.1. The maximum atomic E-state index is 11.8. The molecule has 0 aromatic rings. The minimum atomic E-state index is -0.263. The van der Waals surface area contributed by atoms with Gasteiger partial charge in [0.1, 0.15) is 0 Å². The minimum Gasteiger partial charge on any atom is -0.463 e. The van der Waals surface area contributed by atoms with Gasteiger partial charge in [0.2, 0.25) is 0 Å². The maximum Gasteiger partial charge on any atom is 0.336 e. The average Bonchev–Trinajstić information content (AvgIpc) is 2.81. The summed E-state index contributed by atoms with van der Waals surface area (Å²) < 4.78 is 5.05. The highest BCUT2D eigenvalue weighted by molar-refractivity contribution is 6.32. The quantitative estimate of drug-likeness (QED) is 0.561. The standard InChI is InChI=1S/C15H20ClNO2/c1-5-13(16)10(4)8-11-9-12(14(6-2)17-11)15(18)19-7-3/h5,8H,6-7,9H2,1-4H3/b10-8-,13-5+. The molecule has 0 amide bonds. The Morgan fingerprint density at radius 1 is 1.47 bits per heavy atom. The summed E-state index contributed by atoms with van der Waals surface area (Å²) in [7, 11) is 0. The van der Waals surface area contributed by atoms with Crippen LogP contribution in [0.1, 0.15) is 40.5 Å². The molecule has 1 heterocycles. The van der Waals surface area contributed by atoms with Gasteiger partial charge in [-0.2, -0.15) is 0 Å². The molecular weight excluding hydrogens is 262 g/mol. The fraction of sp³-hybridized carbons (Fsp3) is 0.467. The number of halogens is 1. The van der Waals surface area contributed by atoms with Crippen molar-refractivity contribution in [2.24, 2.45) is 4.99 Å². The highest BCUT2D eigenvalue weighted by Gasteiger charge is 2.22. The summed E-state index contributed by atoms with van der Waals surface area (Å²) in [6, 6.07) is 0. The molecule has 1 rings (SSSR count). The number of hydrogen-bond acceptors (Lipinski definition) is 3. The summed E-state index contributed by atoms with van der Waals surface area (Å²) >= 11 is 6.05. The molecule has 3 nitrogen and oxygen atoms in total. The third-order valence-corrected chi connectivity index (χ3v) is 3.37. The molecule has 0 fully saturated rings. The Bertz CT molecular complexity index is 484. The highest BCUT2D eigenvalue weighted by Crippen LogP contribution is 2.25. The predicted octanol–water partition coefficient (Wildman–Crippen LogP) is 4.15. The normalized spacial score (nSPS) is 16.8. The van der Waals surface area contributed by atoms with Gasteiger partial charge in [0.05, 0.1) is 17.9 Å². The Morgan fingerprint density at radius 3 is 2.68 bits per heavy atom. The van der Waals surface area contributed by atoms with Crippen LogP contribution >= 0.6 is 11.6 Å². The van der Waals surface area contributed by atoms with E-state index in [1.54, 1.807) is 6.92 Å². The zero-order valence-corrected chi connectivity index (χ0v) is 12.7. The van der Waals surface area contributed by atoms with Crippen LogP contribution in [-0.2, 0) is 9.53 Å². The first-order chi connectivity index (χ1) is 9.03. The van der Waals surface area contributed by atoms with Crippen molar-refractivity contribution in [1.29, 1.82) is 0 Å². The largest absolute Gasteiger partial charge is 0.463 e. The molecular formula is C15H20ClNO2. The Kier molecular flexibility index (Phi) is 6.03. The van der Waals surface area contributed by atoms with Crippen LogP contribution < -0.4 is 0 Å². The van der Waals surface area contributed by atoms with Crippen LogP contribution in [0.3, 0.4) is 0 Å². The van der Waals surface area contributed by atoms with Crippen LogP contribution in [0.4, 0.5) is 0 Å². The first-order valence-corrected chi connectivity index (χ1v) is 6.88. The fourth-order valence-electron chi connectivity index (χ4n) is 1.89. The number of carbonyl (C=O) groups is 1. The van der Waals surface area contributed by atoms with E-state index < -0.39 is 0 Å². The van der Waals surface area contributed by atoms with Crippen LogP contribution in [0, 0.1) is 0 Å². The van der Waals surface area contributed by atoms with Gasteiger partial charge in [-0.15, -0.1) is 0 Å². The third-order valence-electron chi connectivity index (χ3n) is 2.85. The first-order valence-electron chi connectivity index (χ1n) is 6.50. The van der Waals surface area contributed by atoms with E-state index in [4.69, 9.17) is 16.3 Å². The second kappa shape index (κ2) is 7.29. The van der Waals surface area contributed by atoms with Crippen molar-refractivity contribution >= 4 is 23.3 Å². The minimum absolute atomic E-state index is 0.263. The van der Waals surface area contributed by atoms with Crippen molar-refractivity contribution in [3.05, 3.63) is 34.0 Å². The van der Waals surface area contributed by atoms with Crippen LogP contribution in [0.25, 0.3) is 0 Å². The summed E-state index contributed by atoms with van der Waals surface area (Å²) in [6.45, 7) is 7.98. The maximum absolute atomic E-state index is 11.8. The number of carbonyl (C=O) groups excluding carboxylic acids is 1. The van der Waals surface area contributed by atoms with E-state index in [-0.39, 0.29) is 5.97 Å². The Morgan fingerprint density at radius 2 is 2.16 bits per heavy atom. The number of nitrogens with zero attached hydrogens (tertiary/aromatic N) is 1. The lowest BCUT2D eigenvalue weighted by molar-refractivity contribution is -0.138. The van der Waals surface area contributed by atoms with Gasteiger partial charge in [0.15, 0.2) is 0 Å². The molecule has 0 atom stereocenters. The van der Waals surface area contributed by atoms with Gasteiger partial charge in [0, 0.05) is 17.2 Å². The molecule has 1 aliphatic heterocycles. The number of ether oxygens (including phenoxy) is 1. The second-order valence-electron chi connectivity index (χ2n) is 4.24. The van der Waals surface area contributed by atoms with E-state index in [1.165, 1.54) is 0 Å². The molecule has 4 heteroatoms. The molecule has 0 bridgehead atoms. The second-order valence-corrected chi connectivity index (χ2v) is 4.65. The van der Waals surface area contributed by atoms with Crippen molar-refractivity contribution in [2.45, 2.75) is 40.5 Å². The van der Waals surface area contributed by atoms with E-state index in [0.29, 0.717) is 23.6 Å². The van der Waals surface area contributed by atoms with E-state index in [9.17, 15) is 4.79 Å².